The standard InChI is InChI=1S/C18H27NO2/c1-2-17(19)14-5-7-15(8-6-14)20-13-16-9-12-18(21-16)10-3-4-11-18/h5-8,16-17H,2-4,9-13,19H2,1H3/t16?,17-/m0/s1. The van der Waals surface area contributed by atoms with Crippen molar-refractivity contribution in [1.82, 2.24) is 0 Å². The first-order valence-electron chi connectivity index (χ1n) is 8.37. The van der Waals surface area contributed by atoms with E-state index in [1.54, 1.807) is 0 Å². The summed E-state index contributed by atoms with van der Waals surface area (Å²) in [4.78, 5) is 0. The number of ether oxygens (including phenoxy) is 2. The zero-order chi connectivity index (χ0) is 14.7. The van der Waals surface area contributed by atoms with Crippen molar-refractivity contribution in [1.29, 1.82) is 0 Å². The molecular formula is C18H27NO2. The lowest BCUT2D eigenvalue weighted by Gasteiger charge is -2.23. The van der Waals surface area contributed by atoms with Crippen molar-refractivity contribution in [2.45, 2.75) is 69.6 Å². The molecule has 2 N–H and O–H groups in total. The Hall–Kier alpha value is -1.06. The van der Waals surface area contributed by atoms with E-state index in [2.05, 4.69) is 19.1 Å². The molecule has 1 aliphatic carbocycles. The Balaban J connectivity index is 1.49. The zero-order valence-corrected chi connectivity index (χ0v) is 13.0. The normalized spacial score (nSPS) is 25.3. The van der Waals surface area contributed by atoms with E-state index in [0.29, 0.717) is 6.61 Å². The third-order valence-corrected chi connectivity index (χ3v) is 5.04. The molecule has 1 heterocycles. The maximum absolute atomic E-state index is 6.27. The number of rotatable bonds is 5. The summed E-state index contributed by atoms with van der Waals surface area (Å²) >= 11 is 0. The highest BCUT2D eigenvalue weighted by atomic mass is 16.6. The Bertz CT molecular complexity index is 451. The molecule has 1 unspecified atom stereocenters. The molecule has 1 aromatic carbocycles. The molecule has 1 aliphatic heterocycles. The third-order valence-electron chi connectivity index (χ3n) is 5.04. The van der Waals surface area contributed by atoms with Gasteiger partial charge in [0.1, 0.15) is 12.4 Å². The number of hydrogen-bond donors (Lipinski definition) is 1. The van der Waals surface area contributed by atoms with E-state index in [9.17, 15) is 0 Å². The second kappa shape index (κ2) is 6.37. The lowest BCUT2D eigenvalue weighted by atomic mass is 9.98. The summed E-state index contributed by atoms with van der Waals surface area (Å²) in [6.45, 7) is 2.77. The van der Waals surface area contributed by atoms with Crippen LogP contribution in [0, 0.1) is 0 Å². The van der Waals surface area contributed by atoms with E-state index in [1.165, 1.54) is 37.7 Å². The average molecular weight is 289 g/mol. The van der Waals surface area contributed by atoms with Gasteiger partial charge in [0.25, 0.3) is 0 Å². The Morgan fingerprint density at radius 3 is 2.62 bits per heavy atom. The minimum atomic E-state index is 0.124. The van der Waals surface area contributed by atoms with Crippen LogP contribution in [0.5, 0.6) is 5.75 Å². The van der Waals surface area contributed by atoms with Gasteiger partial charge in [-0.15, -0.1) is 0 Å². The fourth-order valence-electron chi connectivity index (χ4n) is 3.64. The van der Waals surface area contributed by atoms with Crippen LogP contribution in [0.2, 0.25) is 0 Å². The van der Waals surface area contributed by atoms with Crippen molar-refractivity contribution < 1.29 is 9.47 Å². The fourth-order valence-corrected chi connectivity index (χ4v) is 3.64. The monoisotopic (exact) mass is 289 g/mol. The van der Waals surface area contributed by atoms with E-state index in [0.717, 1.165) is 18.6 Å². The van der Waals surface area contributed by atoms with Crippen LogP contribution < -0.4 is 10.5 Å². The predicted octanol–water partition coefficient (Wildman–Crippen LogP) is 3.97. The van der Waals surface area contributed by atoms with Gasteiger partial charge >= 0.3 is 0 Å². The summed E-state index contributed by atoms with van der Waals surface area (Å²) in [6, 6.07) is 8.30. The molecule has 1 spiro atoms. The highest BCUT2D eigenvalue weighted by molar-refractivity contribution is 5.29. The van der Waals surface area contributed by atoms with Crippen LogP contribution in [-0.4, -0.2) is 18.3 Å². The first-order chi connectivity index (χ1) is 10.2. The van der Waals surface area contributed by atoms with Crippen molar-refractivity contribution in [2.24, 2.45) is 5.73 Å². The summed E-state index contributed by atoms with van der Waals surface area (Å²) in [7, 11) is 0. The second-order valence-corrected chi connectivity index (χ2v) is 6.56. The minimum absolute atomic E-state index is 0.124. The molecule has 3 nitrogen and oxygen atoms in total. The number of hydrogen-bond acceptors (Lipinski definition) is 3. The van der Waals surface area contributed by atoms with Crippen LogP contribution >= 0.6 is 0 Å². The summed E-state index contributed by atoms with van der Waals surface area (Å²) in [5, 5.41) is 0. The van der Waals surface area contributed by atoms with Gasteiger partial charge in [-0.2, -0.15) is 0 Å². The lowest BCUT2D eigenvalue weighted by molar-refractivity contribution is -0.0508. The third kappa shape index (κ3) is 3.41. The molecular weight excluding hydrogens is 262 g/mol. The largest absolute Gasteiger partial charge is 0.491 e. The van der Waals surface area contributed by atoms with E-state index in [1.807, 2.05) is 12.1 Å². The molecule has 0 bridgehead atoms. The molecule has 1 saturated carbocycles. The molecule has 21 heavy (non-hydrogen) atoms. The maximum atomic E-state index is 6.27. The van der Waals surface area contributed by atoms with E-state index in [-0.39, 0.29) is 17.7 Å². The second-order valence-electron chi connectivity index (χ2n) is 6.56. The zero-order valence-electron chi connectivity index (χ0n) is 13.0. The Morgan fingerprint density at radius 2 is 1.95 bits per heavy atom. The van der Waals surface area contributed by atoms with Gasteiger partial charge in [-0.3, -0.25) is 0 Å². The van der Waals surface area contributed by atoms with Gasteiger partial charge in [0.2, 0.25) is 0 Å². The molecule has 1 saturated heterocycles. The molecule has 3 rings (SSSR count). The molecule has 2 fully saturated rings. The topological polar surface area (TPSA) is 44.5 Å². The number of benzene rings is 1. The summed E-state index contributed by atoms with van der Waals surface area (Å²) in [6.07, 6.45) is 8.71. The van der Waals surface area contributed by atoms with Crippen molar-refractivity contribution in [3.63, 3.8) is 0 Å². The van der Waals surface area contributed by atoms with Gasteiger partial charge in [0, 0.05) is 6.04 Å². The number of nitrogens with two attached hydrogens (primary N) is 1. The summed E-state index contributed by atoms with van der Waals surface area (Å²) in [5.74, 6) is 0.915. The van der Waals surface area contributed by atoms with Crippen LogP contribution in [-0.2, 0) is 4.74 Å². The minimum Gasteiger partial charge on any atom is -0.491 e. The fraction of sp³-hybridized carbons (Fsp3) is 0.667. The van der Waals surface area contributed by atoms with Crippen molar-refractivity contribution in [3.05, 3.63) is 29.8 Å². The van der Waals surface area contributed by atoms with Gasteiger partial charge in [-0.25, -0.2) is 0 Å². The molecule has 0 amide bonds. The Kier molecular flexibility index (Phi) is 4.51. The molecule has 2 atom stereocenters. The highest BCUT2D eigenvalue weighted by Gasteiger charge is 2.42. The predicted molar refractivity (Wildman–Crippen MR) is 84.5 cm³/mol. The van der Waals surface area contributed by atoms with Crippen molar-refractivity contribution >= 4 is 0 Å². The Labute approximate surface area is 127 Å². The SMILES string of the molecule is CC[C@H](N)c1ccc(OCC2CCC3(CCCC3)O2)cc1. The molecule has 0 aromatic heterocycles. The van der Waals surface area contributed by atoms with E-state index < -0.39 is 0 Å². The van der Waals surface area contributed by atoms with Crippen LogP contribution in [0.3, 0.4) is 0 Å². The van der Waals surface area contributed by atoms with Crippen LogP contribution in [0.25, 0.3) is 0 Å². The van der Waals surface area contributed by atoms with E-state index >= 15 is 0 Å². The van der Waals surface area contributed by atoms with Crippen LogP contribution in [0.4, 0.5) is 0 Å². The van der Waals surface area contributed by atoms with Gasteiger partial charge in [0.05, 0.1) is 11.7 Å². The molecule has 0 radical (unpaired) electrons. The molecule has 2 aliphatic rings. The molecule has 3 heteroatoms. The first-order valence-corrected chi connectivity index (χ1v) is 8.37. The molecule has 116 valence electrons. The maximum Gasteiger partial charge on any atom is 0.119 e. The Morgan fingerprint density at radius 1 is 1.24 bits per heavy atom. The van der Waals surface area contributed by atoms with Crippen LogP contribution in [0.15, 0.2) is 24.3 Å². The van der Waals surface area contributed by atoms with Gasteiger partial charge in [-0.1, -0.05) is 31.9 Å². The van der Waals surface area contributed by atoms with Crippen molar-refractivity contribution in [2.75, 3.05) is 6.61 Å². The lowest BCUT2D eigenvalue weighted by Crippen LogP contribution is -2.27. The summed E-state index contributed by atoms with van der Waals surface area (Å²) < 4.78 is 12.2. The smallest absolute Gasteiger partial charge is 0.119 e. The van der Waals surface area contributed by atoms with Gasteiger partial charge in [-0.05, 0) is 49.8 Å². The summed E-state index contributed by atoms with van der Waals surface area (Å²) in [5.41, 5.74) is 7.40. The van der Waals surface area contributed by atoms with E-state index in [4.69, 9.17) is 15.2 Å². The van der Waals surface area contributed by atoms with Crippen LogP contribution in [0.1, 0.15) is 63.5 Å². The van der Waals surface area contributed by atoms with Gasteiger partial charge < -0.3 is 15.2 Å². The first kappa shape index (κ1) is 14.9. The molecule has 1 aromatic rings. The highest BCUT2D eigenvalue weighted by Crippen LogP contribution is 2.43. The van der Waals surface area contributed by atoms with Crippen molar-refractivity contribution in [3.8, 4) is 5.75 Å². The van der Waals surface area contributed by atoms with Gasteiger partial charge in [0.15, 0.2) is 0 Å². The average Bonchev–Trinajstić information content (AvgIpc) is 3.15. The quantitative estimate of drug-likeness (QED) is 0.892.